The van der Waals surface area contributed by atoms with Gasteiger partial charge in [0.05, 0.1) is 16.7 Å². The Kier molecular flexibility index (Phi) is 19.1. The first-order valence-electron chi connectivity index (χ1n) is 12.0. The van der Waals surface area contributed by atoms with Crippen molar-refractivity contribution in [1.29, 1.82) is 0 Å². The predicted molar refractivity (Wildman–Crippen MR) is 130 cm³/mol. The average molecular weight is 474 g/mol. The minimum atomic E-state index is -1.09. The van der Waals surface area contributed by atoms with E-state index in [1.807, 2.05) is 12.2 Å². The molecule has 0 aliphatic heterocycles. The van der Waals surface area contributed by atoms with E-state index in [2.05, 4.69) is 6.92 Å². The quantitative estimate of drug-likeness (QED) is 0.0870. The normalized spacial score (nSPS) is 14.2. The zero-order valence-electron chi connectivity index (χ0n) is 19.8. The summed E-state index contributed by atoms with van der Waals surface area (Å²) in [4.78, 5) is 34.1. The maximum Gasteiger partial charge on any atom is 0.323 e. The fourth-order valence-corrected chi connectivity index (χ4v) is 4.66. The third-order valence-electron chi connectivity index (χ3n) is 5.34. The maximum atomic E-state index is 11.2. The van der Waals surface area contributed by atoms with Crippen molar-refractivity contribution in [2.45, 2.75) is 114 Å². The number of rotatable bonds is 22. The van der Waals surface area contributed by atoms with Gasteiger partial charge in [0.2, 0.25) is 6.41 Å². The van der Waals surface area contributed by atoms with Gasteiger partial charge in [0.1, 0.15) is 6.54 Å². The Balaban J connectivity index is 4.55. The number of carbonyl (C=O) groups is 3. The van der Waals surface area contributed by atoms with Crippen LogP contribution >= 0.6 is 11.8 Å². The second-order valence-corrected chi connectivity index (χ2v) is 9.77. The highest BCUT2D eigenvalue weighted by atomic mass is 32.2. The highest BCUT2D eigenvalue weighted by molar-refractivity contribution is 8.00. The number of hydrogen-bond donors (Lipinski definition) is 3. The molecular weight excluding hydrogens is 430 g/mol. The summed E-state index contributed by atoms with van der Waals surface area (Å²) in [6, 6.07) is 0. The van der Waals surface area contributed by atoms with Gasteiger partial charge in [0.25, 0.3) is 0 Å². The van der Waals surface area contributed by atoms with E-state index in [9.17, 15) is 19.5 Å². The van der Waals surface area contributed by atoms with Crippen molar-refractivity contribution in [3.63, 3.8) is 0 Å². The fourth-order valence-electron chi connectivity index (χ4n) is 3.41. The third kappa shape index (κ3) is 17.1. The van der Waals surface area contributed by atoms with E-state index in [0.717, 1.165) is 12.8 Å². The molecule has 0 rings (SSSR count). The van der Waals surface area contributed by atoms with Crippen LogP contribution in [-0.4, -0.2) is 61.8 Å². The molecule has 0 heterocycles. The summed E-state index contributed by atoms with van der Waals surface area (Å²) < 4.78 is 0. The number of thioether (sulfide) groups is 1. The topological polar surface area (TPSA) is 115 Å². The molecule has 0 aromatic rings. The lowest BCUT2D eigenvalue weighted by molar-refractivity contribution is -0.141. The van der Waals surface area contributed by atoms with Gasteiger partial charge in [-0.3, -0.25) is 14.4 Å². The molecule has 0 saturated carbocycles. The van der Waals surface area contributed by atoms with Crippen molar-refractivity contribution in [2.24, 2.45) is 0 Å². The lowest BCUT2D eigenvalue weighted by Crippen LogP contribution is -2.36. The molecular formula is C24H43NO6S. The first-order chi connectivity index (χ1) is 15.3. The van der Waals surface area contributed by atoms with Crippen molar-refractivity contribution in [3.8, 4) is 0 Å². The van der Waals surface area contributed by atoms with Gasteiger partial charge in [-0.15, -0.1) is 11.8 Å². The van der Waals surface area contributed by atoms with Crippen LogP contribution in [-0.2, 0) is 14.4 Å². The van der Waals surface area contributed by atoms with Crippen LogP contribution in [0.2, 0.25) is 0 Å². The molecule has 0 fully saturated rings. The smallest absolute Gasteiger partial charge is 0.323 e. The Morgan fingerprint density at radius 2 is 1.53 bits per heavy atom. The van der Waals surface area contributed by atoms with E-state index in [1.54, 1.807) is 6.92 Å². The Morgan fingerprint density at radius 3 is 2.06 bits per heavy atom. The van der Waals surface area contributed by atoms with Gasteiger partial charge in [-0.25, -0.2) is 0 Å². The van der Waals surface area contributed by atoms with Crippen LogP contribution in [0.1, 0.15) is 97.3 Å². The minimum Gasteiger partial charge on any atom is -0.481 e. The van der Waals surface area contributed by atoms with Crippen LogP contribution in [0.15, 0.2) is 12.2 Å². The number of carbonyl (C=O) groups excluding carboxylic acids is 1. The van der Waals surface area contributed by atoms with Crippen LogP contribution in [0.4, 0.5) is 0 Å². The summed E-state index contributed by atoms with van der Waals surface area (Å²) in [5.74, 6) is -1.99. The first kappa shape index (κ1) is 30.5. The van der Waals surface area contributed by atoms with Crippen molar-refractivity contribution in [1.82, 2.24) is 4.90 Å². The van der Waals surface area contributed by atoms with Gasteiger partial charge < -0.3 is 20.2 Å². The number of aliphatic carboxylic acids is 2. The summed E-state index contributed by atoms with van der Waals surface area (Å²) in [5.41, 5.74) is 0. The molecule has 186 valence electrons. The summed E-state index contributed by atoms with van der Waals surface area (Å²) in [6.07, 6.45) is 16.6. The number of allylic oxidation sites excluding steroid dienone is 1. The van der Waals surface area contributed by atoms with Gasteiger partial charge in [0.15, 0.2) is 0 Å². The van der Waals surface area contributed by atoms with E-state index >= 15 is 0 Å². The van der Waals surface area contributed by atoms with Crippen molar-refractivity contribution in [2.75, 3.05) is 6.54 Å². The number of carboxylic acid groups (broad SMARTS) is 2. The number of aliphatic hydroxyl groups excluding tert-OH is 1. The number of amides is 1. The second kappa shape index (κ2) is 20.1. The highest BCUT2D eigenvalue weighted by Gasteiger charge is 2.24. The fraction of sp³-hybridized carbons (Fsp3) is 0.792. The molecule has 0 spiro atoms. The van der Waals surface area contributed by atoms with E-state index in [-0.39, 0.29) is 11.7 Å². The summed E-state index contributed by atoms with van der Waals surface area (Å²) >= 11 is 1.31. The molecule has 3 N–H and O–H groups in total. The maximum absolute atomic E-state index is 11.2. The lowest BCUT2D eigenvalue weighted by atomic mass is 10.1. The largest absolute Gasteiger partial charge is 0.481 e. The van der Waals surface area contributed by atoms with Crippen LogP contribution in [0.5, 0.6) is 0 Å². The standard InChI is InChI=1S/C24H43NO6S/c1-3-4-5-6-7-8-9-10-11-12-13-16-22(21(27)15-14-17-23(28)29)32-20(2)25(19-26)18-24(30)31/h13,16,19-22,27H,3-12,14-15,17-18H2,1-2H3,(H,28,29)(H,30,31)/b16-13-/t20-,21+,22+/m1/s1. The Hall–Kier alpha value is -1.54. The van der Waals surface area contributed by atoms with Gasteiger partial charge in [-0.2, -0.15) is 0 Å². The molecule has 32 heavy (non-hydrogen) atoms. The molecule has 0 bridgehead atoms. The summed E-state index contributed by atoms with van der Waals surface area (Å²) in [7, 11) is 0. The molecule has 0 aromatic heterocycles. The predicted octanol–water partition coefficient (Wildman–Crippen LogP) is 5.07. The molecule has 0 aliphatic carbocycles. The van der Waals surface area contributed by atoms with E-state index in [1.165, 1.54) is 68.0 Å². The van der Waals surface area contributed by atoms with Crippen LogP contribution in [0.25, 0.3) is 0 Å². The second-order valence-electron chi connectivity index (χ2n) is 8.27. The van der Waals surface area contributed by atoms with Crippen molar-refractivity contribution in [3.05, 3.63) is 12.2 Å². The molecule has 7 nitrogen and oxygen atoms in total. The number of hydrogen-bond acceptors (Lipinski definition) is 5. The monoisotopic (exact) mass is 473 g/mol. The van der Waals surface area contributed by atoms with Crippen molar-refractivity contribution >= 4 is 30.1 Å². The van der Waals surface area contributed by atoms with Crippen LogP contribution in [0, 0.1) is 0 Å². The van der Waals surface area contributed by atoms with E-state index < -0.39 is 30.0 Å². The molecule has 0 saturated heterocycles. The number of carboxylic acids is 2. The molecule has 8 heteroatoms. The average Bonchev–Trinajstić information content (AvgIpc) is 2.74. The lowest BCUT2D eigenvalue weighted by Gasteiger charge is -2.28. The summed E-state index contributed by atoms with van der Waals surface area (Å²) in [6.45, 7) is 3.55. The number of nitrogens with zero attached hydrogens (tertiary/aromatic N) is 1. The Morgan fingerprint density at radius 1 is 0.938 bits per heavy atom. The molecule has 1 amide bonds. The zero-order valence-corrected chi connectivity index (χ0v) is 20.6. The van der Waals surface area contributed by atoms with E-state index in [0.29, 0.717) is 19.3 Å². The third-order valence-corrected chi connectivity index (χ3v) is 6.79. The SMILES string of the molecule is CCCCCCCCCCC/C=C\[C@H](S[C@H](C)N(C=O)CC(=O)O)[C@@H](O)CCCC(=O)O. The van der Waals surface area contributed by atoms with Gasteiger partial charge in [-0.1, -0.05) is 70.4 Å². The molecule has 0 unspecified atom stereocenters. The zero-order chi connectivity index (χ0) is 24.2. The molecule has 0 radical (unpaired) electrons. The summed E-state index contributed by atoms with van der Waals surface area (Å²) in [5, 5.41) is 27.6. The van der Waals surface area contributed by atoms with Gasteiger partial charge >= 0.3 is 11.9 Å². The van der Waals surface area contributed by atoms with Gasteiger partial charge in [-0.05, 0) is 32.6 Å². The molecule has 3 atom stereocenters. The molecule has 0 aliphatic rings. The number of unbranched alkanes of at least 4 members (excludes halogenated alkanes) is 9. The Bertz CT molecular complexity index is 543. The van der Waals surface area contributed by atoms with Crippen LogP contribution in [0.3, 0.4) is 0 Å². The molecule has 0 aromatic carbocycles. The van der Waals surface area contributed by atoms with E-state index in [4.69, 9.17) is 10.2 Å². The minimum absolute atomic E-state index is 0.00830. The van der Waals surface area contributed by atoms with Crippen LogP contribution < -0.4 is 0 Å². The van der Waals surface area contributed by atoms with Gasteiger partial charge in [0, 0.05) is 6.42 Å². The first-order valence-corrected chi connectivity index (χ1v) is 12.9. The number of aliphatic hydroxyl groups is 1. The Labute approximate surface area is 197 Å². The van der Waals surface area contributed by atoms with Crippen molar-refractivity contribution < 1.29 is 29.7 Å². The highest BCUT2D eigenvalue weighted by Crippen LogP contribution is 2.26.